The van der Waals surface area contributed by atoms with Crippen LogP contribution < -0.4 is 25.0 Å². The average Bonchev–Trinajstić information content (AvgIpc) is 3.34. The fourth-order valence-electron chi connectivity index (χ4n) is 5.88. The van der Waals surface area contributed by atoms with Gasteiger partial charge in [0.2, 0.25) is 11.8 Å². The number of anilines is 1. The Labute approximate surface area is 236 Å². The molecule has 10 nitrogen and oxygen atoms in total. The number of carbonyl (C=O) groups excluding carboxylic acids is 2. The zero-order chi connectivity index (χ0) is 28.6. The molecule has 1 atom stereocenters. The van der Waals surface area contributed by atoms with Crippen LogP contribution in [0.3, 0.4) is 0 Å². The zero-order valence-corrected chi connectivity index (χ0v) is 22.5. The van der Waals surface area contributed by atoms with E-state index in [1.54, 1.807) is 30.5 Å². The largest absolute Gasteiger partial charge is 0.488 e. The SMILES string of the molecule is CCOc1ncccc1-c1ccc(OC2CC3(C2)CN(c2ccc(F)cc2C#N)C3)c(C(=O)NC2CCNC2=O)n1. The summed E-state index contributed by atoms with van der Waals surface area (Å²) in [5, 5.41) is 14.9. The van der Waals surface area contributed by atoms with Gasteiger partial charge < -0.3 is 25.0 Å². The Hall–Kier alpha value is -4.72. The highest BCUT2D eigenvalue weighted by Crippen LogP contribution is 2.51. The lowest BCUT2D eigenvalue weighted by molar-refractivity contribution is -0.120. The number of aromatic nitrogens is 2. The van der Waals surface area contributed by atoms with E-state index >= 15 is 0 Å². The summed E-state index contributed by atoms with van der Waals surface area (Å²) >= 11 is 0. The molecule has 41 heavy (non-hydrogen) atoms. The van der Waals surface area contributed by atoms with E-state index < -0.39 is 17.8 Å². The molecule has 1 aromatic carbocycles. The number of halogens is 1. The standard InChI is InChI=1S/C30H29FN6O4/c1-2-40-29-21(4-3-10-34-29)22-6-8-25(26(35-22)28(39)36-23-9-11-33-27(23)38)41-20-13-30(14-20)16-37(17-30)24-7-5-19(31)12-18(24)15-32/h3-8,10,12,20,23H,2,9,11,13-14,16-17H2,1H3,(H,33,38)(H,36,39). The Morgan fingerprint density at radius 2 is 2.10 bits per heavy atom. The first-order valence-electron chi connectivity index (χ1n) is 13.7. The summed E-state index contributed by atoms with van der Waals surface area (Å²) in [5.41, 5.74) is 2.34. The summed E-state index contributed by atoms with van der Waals surface area (Å²) in [6.45, 7) is 4.28. The Bertz CT molecular complexity index is 1540. The molecule has 1 spiro atoms. The van der Waals surface area contributed by atoms with Crippen molar-refractivity contribution in [3.8, 4) is 29.0 Å². The van der Waals surface area contributed by atoms with E-state index in [4.69, 9.17) is 9.47 Å². The van der Waals surface area contributed by atoms with E-state index in [0.717, 1.165) is 31.6 Å². The van der Waals surface area contributed by atoms with Gasteiger partial charge in [0, 0.05) is 31.2 Å². The van der Waals surface area contributed by atoms with Crippen LogP contribution in [0.2, 0.25) is 0 Å². The molecule has 11 heteroatoms. The summed E-state index contributed by atoms with van der Waals surface area (Å²) < 4.78 is 25.5. The Kier molecular flexibility index (Phi) is 6.91. The van der Waals surface area contributed by atoms with Gasteiger partial charge in [-0.3, -0.25) is 9.59 Å². The monoisotopic (exact) mass is 556 g/mol. The number of nitriles is 1. The van der Waals surface area contributed by atoms with Gasteiger partial charge in [0.25, 0.3) is 5.91 Å². The highest BCUT2D eigenvalue weighted by molar-refractivity contribution is 5.99. The predicted molar refractivity (Wildman–Crippen MR) is 147 cm³/mol. The van der Waals surface area contributed by atoms with Crippen LogP contribution in [0.5, 0.6) is 11.6 Å². The van der Waals surface area contributed by atoms with Gasteiger partial charge in [-0.2, -0.15) is 5.26 Å². The smallest absolute Gasteiger partial charge is 0.274 e. The van der Waals surface area contributed by atoms with Crippen molar-refractivity contribution in [2.75, 3.05) is 31.1 Å². The maximum atomic E-state index is 13.6. The third-order valence-electron chi connectivity index (χ3n) is 7.84. The second-order valence-corrected chi connectivity index (χ2v) is 10.7. The molecule has 3 fully saturated rings. The molecule has 3 aliphatic rings. The molecule has 1 aliphatic carbocycles. The molecule has 2 saturated heterocycles. The summed E-state index contributed by atoms with van der Waals surface area (Å²) in [6, 6.07) is 12.8. The highest BCUT2D eigenvalue weighted by Gasteiger charge is 2.54. The maximum Gasteiger partial charge on any atom is 0.274 e. The van der Waals surface area contributed by atoms with Crippen LogP contribution in [-0.2, 0) is 4.79 Å². The fourth-order valence-corrected chi connectivity index (χ4v) is 5.88. The second kappa shape index (κ2) is 10.7. The molecule has 2 aromatic heterocycles. The van der Waals surface area contributed by atoms with Crippen LogP contribution in [-0.4, -0.2) is 60.2 Å². The third kappa shape index (κ3) is 5.13. The van der Waals surface area contributed by atoms with Crippen molar-refractivity contribution < 1.29 is 23.5 Å². The van der Waals surface area contributed by atoms with Gasteiger partial charge in [-0.15, -0.1) is 0 Å². The number of ether oxygens (including phenoxy) is 2. The van der Waals surface area contributed by atoms with E-state index in [1.165, 1.54) is 12.1 Å². The molecule has 2 amide bonds. The van der Waals surface area contributed by atoms with Crippen molar-refractivity contribution in [3.05, 3.63) is 65.7 Å². The molecule has 0 bridgehead atoms. The normalized spacial score (nSPS) is 19.1. The lowest BCUT2D eigenvalue weighted by Crippen LogP contribution is -2.65. The van der Waals surface area contributed by atoms with Crippen molar-refractivity contribution in [1.82, 2.24) is 20.6 Å². The molecule has 4 heterocycles. The predicted octanol–water partition coefficient (Wildman–Crippen LogP) is 3.22. The molecule has 1 unspecified atom stereocenters. The number of hydrogen-bond donors (Lipinski definition) is 2. The van der Waals surface area contributed by atoms with E-state index in [0.29, 0.717) is 48.0 Å². The minimum absolute atomic E-state index is 0.0472. The lowest BCUT2D eigenvalue weighted by Gasteiger charge is -2.59. The molecule has 6 rings (SSSR count). The van der Waals surface area contributed by atoms with Crippen LogP contribution in [0.1, 0.15) is 42.2 Å². The molecular formula is C30H29FN6O4. The van der Waals surface area contributed by atoms with Gasteiger partial charge in [0.1, 0.15) is 24.0 Å². The topological polar surface area (TPSA) is 129 Å². The van der Waals surface area contributed by atoms with Crippen molar-refractivity contribution in [1.29, 1.82) is 5.26 Å². The summed E-state index contributed by atoms with van der Waals surface area (Å²) in [7, 11) is 0. The number of hydrogen-bond acceptors (Lipinski definition) is 8. The Balaban J connectivity index is 1.19. The highest BCUT2D eigenvalue weighted by atomic mass is 19.1. The van der Waals surface area contributed by atoms with E-state index in [1.807, 2.05) is 13.0 Å². The minimum atomic E-state index is -0.629. The maximum absolute atomic E-state index is 13.6. The average molecular weight is 557 g/mol. The van der Waals surface area contributed by atoms with Crippen molar-refractivity contribution in [2.45, 2.75) is 38.3 Å². The van der Waals surface area contributed by atoms with Gasteiger partial charge in [-0.1, -0.05) is 0 Å². The molecule has 0 radical (unpaired) electrons. The quantitative estimate of drug-likeness (QED) is 0.433. The molecule has 210 valence electrons. The zero-order valence-electron chi connectivity index (χ0n) is 22.5. The number of nitrogens with zero attached hydrogens (tertiary/aromatic N) is 4. The van der Waals surface area contributed by atoms with Crippen molar-refractivity contribution in [3.63, 3.8) is 0 Å². The summed E-state index contributed by atoms with van der Waals surface area (Å²) in [5.74, 6) is -0.390. The van der Waals surface area contributed by atoms with Crippen LogP contribution in [0.25, 0.3) is 11.3 Å². The van der Waals surface area contributed by atoms with Gasteiger partial charge in [-0.25, -0.2) is 14.4 Å². The molecule has 2 aliphatic heterocycles. The van der Waals surface area contributed by atoms with Crippen LogP contribution in [0.15, 0.2) is 48.7 Å². The van der Waals surface area contributed by atoms with Gasteiger partial charge in [0.05, 0.1) is 29.1 Å². The fraction of sp³-hybridized carbons (Fsp3) is 0.367. The van der Waals surface area contributed by atoms with Gasteiger partial charge in [0.15, 0.2) is 11.4 Å². The number of benzene rings is 1. The molecule has 1 saturated carbocycles. The molecule has 2 N–H and O–H groups in total. The first-order chi connectivity index (χ1) is 19.9. The van der Waals surface area contributed by atoms with E-state index in [9.17, 15) is 19.2 Å². The number of carbonyl (C=O) groups is 2. The number of amides is 2. The third-order valence-corrected chi connectivity index (χ3v) is 7.84. The first-order valence-corrected chi connectivity index (χ1v) is 13.7. The van der Waals surface area contributed by atoms with Crippen molar-refractivity contribution >= 4 is 17.5 Å². The van der Waals surface area contributed by atoms with Crippen LogP contribution >= 0.6 is 0 Å². The summed E-state index contributed by atoms with van der Waals surface area (Å²) in [6.07, 6.45) is 3.56. The number of rotatable bonds is 8. The second-order valence-electron chi connectivity index (χ2n) is 10.7. The van der Waals surface area contributed by atoms with Crippen LogP contribution in [0.4, 0.5) is 10.1 Å². The lowest BCUT2D eigenvalue weighted by atomic mass is 9.61. The molecule has 3 aromatic rings. The van der Waals surface area contributed by atoms with Crippen LogP contribution in [0, 0.1) is 22.6 Å². The number of nitrogens with one attached hydrogen (secondary N) is 2. The Morgan fingerprint density at radius 1 is 1.27 bits per heavy atom. The summed E-state index contributed by atoms with van der Waals surface area (Å²) in [4.78, 5) is 36.5. The number of pyridine rings is 2. The van der Waals surface area contributed by atoms with E-state index in [-0.39, 0.29) is 23.1 Å². The minimum Gasteiger partial charge on any atom is -0.488 e. The van der Waals surface area contributed by atoms with Crippen molar-refractivity contribution in [2.24, 2.45) is 5.41 Å². The molecular weight excluding hydrogens is 527 g/mol. The van der Waals surface area contributed by atoms with Gasteiger partial charge >= 0.3 is 0 Å². The Morgan fingerprint density at radius 3 is 2.83 bits per heavy atom. The first kappa shape index (κ1) is 26.5. The van der Waals surface area contributed by atoms with Gasteiger partial charge in [-0.05, 0) is 68.7 Å². The van der Waals surface area contributed by atoms with E-state index in [2.05, 4.69) is 31.6 Å².